The number of rotatable bonds is 4. The van der Waals surface area contributed by atoms with Crippen molar-refractivity contribution in [3.05, 3.63) is 23.3 Å². The van der Waals surface area contributed by atoms with E-state index in [1.165, 1.54) is 0 Å². The van der Waals surface area contributed by atoms with Crippen molar-refractivity contribution in [2.45, 2.75) is 49.6 Å². The van der Waals surface area contributed by atoms with Crippen LogP contribution in [0.15, 0.2) is 12.1 Å². The topological polar surface area (TPSA) is 27.7 Å². The first-order chi connectivity index (χ1) is 9.75. The van der Waals surface area contributed by atoms with Crippen molar-refractivity contribution < 1.29 is 14.0 Å². The zero-order chi connectivity index (χ0) is 15.8. The first-order valence-corrected chi connectivity index (χ1v) is 9.17. The highest BCUT2D eigenvalue weighted by Crippen LogP contribution is 2.37. The highest BCUT2D eigenvalue weighted by molar-refractivity contribution is 9.08. The summed E-state index contributed by atoms with van der Waals surface area (Å²) in [5, 5.41) is 1.45. The van der Waals surface area contributed by atoms with Gasteiger partial charge in [0, 0.05) is 10.7 Å². The highest BCUT2D eigenvalue weighted by atomic mass is 79.9. The first kappa shape index (κ1) is 17.3. The molecule has 2 rings (SSSR count). The van der Waals surface area contributed by atoms with E-state index in [1.54, 1.807) is 7.11 Å². The molecule has 0 aromatic heterocycles. The molecule has 1 aliphatic rings. The van der Waals surface area contributed by atoms with E-state index in [-0.39, 0.29) is 18.3 Å². The van der Waals surface area contributed by atoms with Gasteiger partial charge in [0.25, 0.3) is 0 Å². The monoisotopic (exact) mass is 418 g/mol. The van der Waals surface area contributed by atoms with E-state index < -0.39 is 0 Å². The Morgan fingerprint density at radius 3 is 1.76 bits per heavy atom. The smallest absolute Gasteiger partial charge is 0.495 e. The Morgan fingerprint density at radius 2 is 1.43 bits per heavy atom. The second-order valence-corrected chi connectivity index (χ2v) is 7.34. The molecule has 1 aliphatic heterocycles. The van der Waals surface area contributed by atoms with Crippen LogP contribution < -0.4 is 10.2 Å². The van der Waals surface area contributed by atoms with Crippen LogP contribution in [0.1, 0.15) is 38.8 Å². The lowest BCUT2D eigenvalue weighted by Gasteiger charge is -2.32. The Kier molecular flexibility index (Phi) is 5.13. The Labute approximate surface area is 144 Å². The van der Waals surface area contributed by atoms with Crippen LogP contribution in [0, 0.1) is 0 Å². The van der Waals surface area contributed by atoms with E-state index in [2.05, 4.69) is 59.6 Å². The Morgan fingerprint density at radius 1 is 1.00 bits per heavy atom. The number of alkyl halides is 2. The quantitative estimate of drug-likeness (QED) is 0.549. The van der Waals surface area contributed by atoms with Crippen LogP contribution in [-0.4, -0.2) is 25.4 Å². The van der Waals surface area contributed by atoms with Crippen molar-refractivity contribution >= 4 is 44.4 Å². The molecule has 1 heterocycles. The third-order valence-corrected chi connectivity index (χ3v) is 5.55. The molecule has 21 heavy (non-hydrogen) atoms. The van der Waals surface area contributed by atoms with Crippen LogP contribution in [0.3, 0.4) is 0 Å². The molecule has 0 saturated carbocycles. The minimum Gasteiger partial charge on any atom is -0.497 e. The van der Waals surface area contributed by atoms with Crippen molar-refractivity contribution in [1.82, 2.24) is 0 Å². The third kappa shape index (κ3) is 3.19. The summed E-state index contributed by atoms with van der Waals surface area (Å²) >= 11 is 7.11. The van der Waals surface area contributed by atoms with Crippen LogP contribution in [0.2, 0.25) is 0 Å². The second-order valence-electron chi connectivity index (χ2n) is 6.21. The maximum Gasteiger partial charge on any atom is 0.495 e. The maximum atomic E-state index is 6.20. The fourth-order valence-electron chi connectivity index (χ4n) is 2.35. The van der Waals surface area contributed by atoms with Gasteiger partial charge in [-0.15, -0.1) is 0 Å². The molecule has 0 atom stereocenters. The fraction of sp³-hybridized carbons (Fsp3) is 0.600. The predicted octanol–water partition coefficient (Wildman–Crippen LogP) is 3.78. The van der Waals surface area contributed by atoms with E-state index in [9.17, 15) is 0 Å². The summed E-state index contributed by atoms with van der Waals surface area (Å²) in [6.45, 7) is 8.27. The van der Waals surface area contributed by atoms with Crippen molar-refractivity contribution in [1.29, 1.82) is 0 Å². The van der Waals surface area contributed by atoms with Gasteiger partial charge in [0.2, 0.25) is 0 Å². The number of ether oxygens (including phenoxy) is 1. The first-order valence-electron chi connectivity index (χ1n) is 6.93. The molecule has 1 saturated heterocycles. The van der Waals surface area contributed by atoms with Gasteiger partial charge in [-0.1, -0.05) is 31.9 Å². The lowest BCUT2D eigenvalue weighted by atomic mass is 9.73. The van der Waals surface area contributed by atoms with Crippen molar-refractivity contribution in [2.24, 2.45) is 0 Å². The molecule has 1 aromatic carbocycles. The number of halogens is 2. The van der Waals surface area contributed by atoms with Crippen LogP contribution >= 0.6 is 31.9 Å². The van der Waals surface area contributed by atoms with Crippen molar-refractivity contribution in [3.8, 4) is 5.75 Å². The van der Waals surface area contributed by atoms with Gasteiger partial charge < -0.3 is 14.0 Å². The zero-order valence-electron chi connectivity index (χ0n) is 13.1. The van der Waals surface area contributed by atoms with E-state index in [1.807, 2.05) is 12.1 Å². The minimum absolute atomic E-state index is 0.342. The number of hydrogen-bond donors (Lipinski definition) is 0. The summed E-state index contributed by atoms with van der Waals surface area (Å²) in [5.74, 6) is 0.846. The number of hydrogen-bond acceptors (Lipinski definition) is 3. The average molecular weight is 420 g/mol. The third-order valence-electron chi connectivity index (χ3n) is 4.34. The van der Waals surface area contributed by atoms with Gasteiger partial charge in [-0.05, 0) is 56.4 Å². The standard InChI is InChI=1S/C15H21BBr2O3/c1-14(2)15(3,4)21-16(20-14)13-10(8-17)6-12(19-5)7-11(13)9-18/h6-7H,8-9H2,1-5H3. The summed E-state index contributed by atoms with van der Waals surface area (Å²) in [7, 11) is 1.32. The van der Waals surface area contributed by atoms with E-state index >= 15 is 0 Å². The van der Waals surface area contributed by atoms with Crippen LogP contribution in [-0.2, 0) is 20.0 Å². The van der Waals surface area contributed by atoms with Gasteiger partial charge in [-0.2, -0.15) is 0 Å². The predicted molar refractivity (Wildman–Crippen MR) is 94.0 cm³/mol. The van der Waals surface area contributed by atoms with Crippen LogP contribution in [0.5, 0.6) is 5.75 Å². The minimum atomic E-state index is -0.360. The molecular weight excluding hydrogens is 399 g/mol. The SMILES string of the molecule is COc1cc(CBr)c(B2OC(C)(C)C(C)(C)O2)c(CBr)c1. The van der Waals surface area contributed by atoms with Gasteiger partial charge in [-0.25, -0.2) is 0 Å². The largest absolute Gasteiger partial charge is 0.497 e. The van der Waals surface area contributed by atoms with E-state index in [0.29, 0.717) is 0 Å². The summed E-state index contributed by atoms with van der Waals surface area (Å²) in [5.41, 5.74) is 2.66. The summed E-state index contributed by atoms with van der Waals surface area (Å²) < 4.78 is 17.8. The van der Waals surface area contributed by atoms with Crippen molar-refractivity contribution in [2.75, 3.05) is 7.11 Å². The fourth-order valence-corrected chi connectivity index (χ4v) is 3.28. The summed E-state index contributed by atoms with van der Waals surface area (Å²) in [6, 6.07) is 4.06. The van der Waals surface area contributed by atoms with E-state index in [4.69, 9.17) is 14.0 Å². The number of methoxy groups -OCH3 is 1. The van der Waals surface area contributed by atoms with E-state index in [0.717, 1.165) is 33.0 Å². The van der Waals surface area contributed by atoms with Crippen molar-refractivity contribution in [3.63, 3.8) is 0 Å². The van der Waals surface area contributed by atoms with Gasteiger partial charge in [0.15, 0.2) is 0 Å². The lowest BCUT2D eigenvalue weighted by Crippen LogP contribution is -2.41. The van der Waals surface area contributed by atoms with Gasteiger partial charge in [0.1, 0.15) is 5.75 Å². The molecule has 116 valence electrons. The number of benzene rings is 1. The Hall–Kier alpha value is -0.0351. The maximum absolute atomic E-state index is 6.20. The molecule has 0 N–H and O–H groups in total. The van der Waals surface area contributed by atoms with Crippen LogP contribution in [0.25, 0.3) is 0 Å². The second kappa shape index (κ2) is 6.22. The molecule has 0 spiro atoms. The van der Waals surface area contributed by atoms with Crippen LogP contribution in [0.4, 0.5) is 0 Å². The van der Waals surface area contributed by atoms with Gasteiger partial charge in [0.05, 0.1) is 18.3 Å². The molecule has 0 radical (unpaired) electrons. The van der Waals surface area contributed by atoms with Gasteiger partial charge >= 0.3 is 7.12 Å². The van der Waals surface area contributed by atoms with Gasteiger partial charge in [-0.3, -0.25) is 0 Å². The highest BCUT2D eigenvalue weighted by Gasteiger charge is 2.52. The molecule has 0 bridgehead atoms. The lowest BCUT2D eigenvalue weighted by molar-refractivity contribution is 0.00578. The molecule has 0 aliphatic carbocycles. The zero-order valence-corrected chi connectivity index (χ0v) is 16.3. The normalized spacial score (nSPS) is 19.9. The molecule has 1 aromatic rings. The molecular formula is C15H21BBr2O3. The molecule has 0 unspecified atom stereocenters. The molecule has 3 nitrogen and oxygen atoms in total. The average Bonchev–Trinajstić information content (AvgIpc) is 2.65. The summed E-state index contributed by atoms with van der Waals surface area (Å²) in [4.78, 5) is 0. The molecule has 0 amide bonds. The molecule has 1 fully saturated rings. The Bertz CT molecular complexity index is 491. The summed E-state index contributed by atoms with van der Waals surface area (Å²) in [6.07, 6.45) is 0. The Balaban J connectivity index is 2.49. The molecule has 6 heteroatoms.